The SMILES string of the molecule is C[C@H]1CN(C(=O)COc2ccccc2Cc2ccccc2)CCN1S(C)(=O)=O. The van der Waals surface area contributed by atoms with Gasteiger partial charge in [0.2, 0.25) is 10.0 Å². The molecule has 1 fully saturated rings. The van der Waals surface area contributed by atoms with Crippen molar-refractivity contribution in [3.63, 3.8) is 0 Å². The molecular formula is C21H26N2O4S. The molecule has 0 saturated carbocycles. The number of carbonyl (C=O) groups excluding carboxylic acids is 1. The quantitative estimate of drug-likeness (QED) is 0.743. The Kier molecular flexibility index (Phi) is 6.36. The zero-order valence-corrected chi connectivity index (χ0v) is 17.1. The molecule has 6 nitrogen and oxygen atoms in total. The molecule has 1 heterocycles. The lowest BCUT2D eigenvalue weighted by atomic mass is 10.0. The van der Waals surface area contributed by atoms with Crippen molar-refractivity contribution < 1.29 is 17.9 Å². The van der Waals surface area contributed by atoms with E-state index >= 15 is 0 Å². The summed E-state index contributed by atoms with van der Waals surface area (Å²) in [4.78, 5) is 14.2. The third-order valence-corrected chi connectivity index (χ3v) is 6.30. The molecule has 2 aromatic carbocycles. The first-order valence-corrected chi connectivity index (χ1v) is 11.2. The molecule has 0 unspecified atom stereocenters. The number of ether oxygens (including phenoxy) is 1. The summed E-state index contributed by atoms with van der Waals surface area (Å²) in [7, 11) is -3.25. The molecule has 1 aliphatic rings. The molecule has 1 aliphatic heterocycles. The first-order chi connectivity index (χ1) is 13.3. The van der Waals surface area contributed by atoms with Crippen LogP contribution >= 0.6 is 0 Å². The minimum absolute atomic E-state index is 0.0581. The van der Waals surface area contributed by atoms with Gasteiger partial charge in [-0.1, -0.05) is 48.5 Å². The fraction of sp³-hybridized carbons (Fsp3) is 0.381. The average Bonchev–Trinajstić information content (AvgIpc) is 2.67. The number of amides is 1. The van der Waals surface area contributed by atoms with Gasteiger partial charge >= 0.3 is 0 Å². The van der Waals surface area contributed by atoms with Crippen molar-refractivity contribution >= 4 is 15.9 Å². The van der Waals surface area contributed by atoms with Crippen LogP contribution in [-0.4, -0.2) is 62.1 Å². The zero-order valence-electron chi connectivity index (χ0n) is 16.2. The zero-order chi connectivity index (χ0) is 20.1. The van der Waals surface area contributed by atoms with Gasteiger partial charge in [-0.05, 0) is 24.1 Å². The van der Waals surface area contributed by atoms with E-state index in [1.807, 2.05) is 49.4 Å². The van der Waals surface area contributed by atoms with Crippen LogP contribution in [0.15, 0.2) is 54.6 Å². The maximum absolute atomic E-state index is 12.6. The number of hydrogen-bond acceptors (Lipinski definition) is 4. The average molecular weight is 403 g/mol. The molecular weight excluding hydrogens is 376 g/mol. The van der Waals surface area contributed by atoms with Gasteiger partial charge < -0.3 is 9.64 Å². The highest BCUT2D eigenvalue weighted by Gasteiger charge is 2.31. The fourth-order valence-electron chi connectivity index (χ4n) is 3.50. The Morgan fingerprint density at radius 1 is 1.07 bits per heavy atom. The van der Waals surface area contributed by atoms with Crippen LogP contribution < -0.4 is 4.74 Å². The number of rotatable bonds is 6. The number of para-hydroxylation sites is 1. The summed E-state index contributed by atoms with van der Waals surface area (Å²) < 4.78 is 30.8. The number of sulfonamides is 1. The lowest BCUT2D eigenvalue weighted by Gasteiger charge is -2.38. The van der Waals surface area contributed by atoms with Crippen molar-refractivity contribution in [2.24, 2.45) is 0 Å². The van der Waals surface area contributed by atoms with E-state index in [4.69, 9.17) is 4.74 Å². The summed E-state index contributed by atoms with van der Waals surface area (Å²) in [6.07, 6.45) is 1.93. The number of piperazine rings is 1. The molecule has 3 rings (SSSR count). The van der Waals surface area contributed by atoms with Gasteiger partial charge in [0.1, 0.15) is 5.75 Å². The molecule has 0 bridgehead atoms. The summed E-state index contributed by atoms with van der Waals surface area (Å²) >= 11 is 0. The molecule has 0 aromatic heterocycles. The molecule has 1 amide bonds. The van der Waals surface area contributed by atoms with Crippen LogP contribution in [0.25, 0.3) is 0 Å². The molecule has 150 valence electrons. The Morgan fingerprint density at radius 3 is 2.43 bits per heavy atom. The minimum atomic E-state index is -3.25. The molecule has 2 aromatic rings. The smallest absolute Gasteiger partial charge is 0.260 e. The first-order valence-electron chi connectivity index (χ1n) is 9.34. The van der Waals surface area contributed by atoms with Gasteiger partial charge in [-0.3, -0.25) is 4.79 Å². The Morgan fingerprint density at radius 2 is 1.75 bits per heavy atom. The van der Waals surface area contributed by atoms with E-state index in [9.17, 15) is 13.2 Å². The van der Waals surface area contributed by atoms with E-state index in [0.717, 1.165) is 12.0 Å². The largest absolute Gasteiger partial charge is 0.483 e. The lowest BCUT2D eigenvalue weighted by molar-refractivity contribution is -0.135. The highest BCUT2D eigenvalue weighted by Crippen LogP contribution is 2.22. The van der Waals surface area contributed by atoms with E-state index in [1.165, 1.54) is 16.1 Å². The Balaban J connectivity index is 1.60. The molecule has 0 N–H and O–H groups in total. The van der Waals surface area contributed by atoms with E-state index < -0.39 is 10.0 Å². The third-order valence-electron chi connectivity index (χ3n) is 4.91. The highest BCUT2D eigenvalue weighted by atomic mass is 32.2. The van der Waals surface area contributed by atoms with Gasteiger partial charge in [-0.15, -0.1) is 0 Å². The van der Waals surface area contributed by atoms with Crippen LogP contribution in [0.5, 0.6) is 5.75 Å². The van der Waals surface area contributed by atoms with Crippen molar-refractivity contribution in [2.75, 3.05) is 32.5 Å². The van der Waals surface area contributed by atoms with Gasteiger partial charge in [-0.25, -0.2) is 8.42 Å². The Bertz CT molecular complexity index is 915. The van der Waals surface area contributed by atoms with Crippen LogP contribution in [0.3, 0.4) is 0 Å². The first kappa shape index (κ1) is 20.4. The second-order valence-electron chi connectivity index (χ2n) is 7.12. The van der Waals surface area contributed by atoms with E-state index in [2.05, 4.69) is 12.1 Å². The molecule has 1 saturated heterocycles. The van der Waals surface area contributed by atoms with E-state index in [-0.39, 0.29) is 18.6 Å². The van der Waals surface area contributed by atoms with Crippen LogP contribution in [0.4, 0.5) is 0 Å². The Hall–Kier alpha value is -2.38. The number of carbonyl (C=O) groups is 1. The van der Waals surface area contributed by atoms with Gasteiger partial charge in [0.15, 0.2) is 6.61 Å². The highest BCUT2D eigenvalue weighted by molar-refractivity contribution is 7.88. The fourth-order valence-corrected chi connectivity index (χ4v) is 4.63. The number of nitrogens with zero attached hydrogens (tertiary/aromatic N) is 2. The van der Waals surface area contributed by atoms with E-state index in [1.54, 1.807) is 4.90 Å². The van der Waals surface area contributed by atoms with Crippen LogP contribution in [0.1, 0.15) is 18.1 Å². The number of hydrogen-bond donors (Lipinski definition) is 0. The minimum Gasteiger partial charge on any atom is -0.483 e. The van der Waals surface area contributed by atoms with Crippen molar-refractivity contribution in [3.05, 3.63) is 65.7 Å². The molecule has 0 aliphatic carbocycles. The predicted octanol–water partition coefficient (Wildman–Crippen LogP) is 2.15. The van der Waals surface area contributed by atoms with Gasteiger partial charge in [0.05, 0.1) is 6.26 Å². The molecule has 28 heavy (non-hydrogen) atoms. The standard InChI is InChI=1S/C21H26N2O4S/c1-17-15-22(12-13-23(17)28(2,25)26)21(24)16-27-20-11-7-6-10-19(20)14-18-8-4-3-5-9-18/h3-11,17H,12-16H2,1-2H3/t17-/m0/s1. The van der Waals surface area contributed by atoms with Gasteiger partial charge in [-0.2, -0.15) is 4.31 Å². The third kappa shape index (κ3) is 5.11. The van der Waals surface area contributed by atoms with Crippen LogP contribution in [-0.2, 0) is 21.2 Å². The molecule has 0 spiro atoms. The normalized spacial score (nSPS) is 18.1. The summed E-state index contributed by atoms with van der Waals surface area (Å²) in [6, 6.07) is 17.6. The Labute approximate surface area is 166 Å². The maximum Gasteiger partial charge on any atom is 0.260 e. The second-order valence-corrected chi connectivity index (χ2v) is 9.06. The van der Waals surface area contributed by atoms with Crippen molar-refractivity contribution in [1.82, 2.24) is 9.21 Å². The summed E-state index contributed by atoms with van der Waals surface area (Å²) in [5.74, 6) is 0.567. The topological polar surface area (TPSA) is 66.9 Å². The van der Waals surface area contributed by atoms with Gasteiger partial charge in [0.25, 0.3) is 5.91 Å². The van der Waals surface area contributed by atoms with Crippen LogP contribution in [0.2, 0.25) is 0 Å². The summed E-state index contributed by atoms with van der Waals surface area (Å²) in [5.41, 5.74) is 2.20. The van der Waals surface area contributed by atoms with Gasteiger partial charge in [0, 0.05) is 32.1 Å². The predicted molar refractivity (Wildman–Crippen MR) is 109 cm³/mol. The molecule has 7 heteroatoms. The van der Waals surface area contributed by atoms with Crippen LogP contribution in [0, 0.1) is 0 Å². The molecule has 0 radical (unpaired) electrons. The maximum atomic E-state index is 12.6. The van der Waals surface area contributed by atoms with Crippen molar-refractivity contribution in [2.45, 2.75) is 19.4 Å². The summed E-state index contributed by atoms with van der Waals surface area (Å²) in [5, 5.41) is 0. The second kappa shape index (κ2) is 8.75. The monoisotopic (exact) mass is 402 g/mol. The summed E-state index contributed by atoms with van der Waals surface area (Å²) in [6.45, 7) is 2.83. The van der Waals surface area contributed by atoms with Crippen molar-refractivity contribution in [1.29, 1.82) is 0 Å². The lowest BCUT2D eigenvalue weighted by Crippen LogP contribution is -2.55. The van der Waals surface area contributed by atoms with E-state index in [0.29, 0.717) is 25.4 Å². The van der Waals surface area contributed by atoms with Crippen molar-refractivity contribution in [3.8, 4) is 5.75 Å². The molecule has 1 atom stereocenters. The number of benzene rings is 2.